The Balaban J connectivity index is 5.19. The fourth-order valence-corrected chi connectivity index (χ4v) is 14.3. The van der Waals surface area contributed by atoms with E-state index < -0.39 is 97.5 Å². The fraction of sp³-hybridized carbons (Fsp3) is 0.952. The molecular formula is C83H162O17P2. The van der Waals surface area contributed by atoms with Gasteiger partial charge in [-0.05, 0) is 49.4 Å². The van der Waals surface area contributed by atoms with Gasteiger partial charge < -0.3 is 33.8 Å². The number of ether oxygens (including phenoxy) is 4. The molecule has 606 valence electrons. The lowest BCUT2D eigenvalue weighted by molar-refractivity contribution is -0.161. The summed E-state index contributed by atoms with van der Waals surface area (Å²) >= 11 is 0. The highest BCUT2D eigenvalue weighted by molar-refractivity contribution is 7.47. The molecule has 0 amide bonds. The van der Waals surface area contributed by atoms with Crippen molar-refractivity contribution in [3.63, 3.8) is 0 Å². The van der Waals surface area contributed by atoms with Crippen molar-refractivity contribution < 1.29 is 80.2 Å². The van der Waals surface area contributed by atoms with Crippen molar-refractivity contribution in [2.45, 2.75) is 446 Å². The number of carbonyl (C=O) groups excluding carboxylic acids is 4. The molecule has 0 rings (SSSR count). The molecular weight excluding hydrogens is 1330 g/mol. The normalized spacial score (nSPS) is 14.3. The van der Waals surface area contributed by atoms with Gasteiger partial charge >= 0.3 is 39.5 Å². The topological polar surface area (TPSA) is 237 Å². The maximum absolute atomic E-state index is 13.1. The van der Waals surface area contributed by atoms with Crippen molar-refractivity contribution in [3.8, 4) is 0 Å². The Bertz CT molecular complexity index is 1990. The van der Waals surface area contributed by atoms with Crippen LogP contribution in [-0.4, -0.2) is 96.7 Å². The van der Waals surface area contributed by atoms with E-state index in [0.717, 1.165) is 114 Å². The van der Waals surface area contributed by atoms with Gasteiger partial charge in [-0.1, -0.05) is 376 Å². The molecule has 0 aromatic rings. The molecule has 0 aromatic carbocycles. The molecule has 0 aliphatic heterocycles. The molecule has 19 heteroatoms. The van der Waals surface area contributed by atoms with Crippen molar-refractivity contribution in [1.29, 1.82) is 0 Å². The van der Waals surface area contributed by atoms with E-state index in [4.69, 9.17) is 37.0 Å². The Kier molecular flexibility index (Phi) is 70.6. The number of unbranched alkanes of at least 4 members (excludes halogenated alkanes) is 45. The summed E-state index contributed by atoms with van der Waals surface area (Å²) in [4.78, 5) is 73.1. The zero-order valence-electron chi connectivity index (χ0n) is 67.2. The highest BCUT2D eigenvalue weighted by atomic mass is 31.2. The Morgan fingerprint density at radius 2 is 0.471 bits per heavy atom. The van der Waals surface area contributed by atoms with E-state index in [0.29, 0.717) is 31.6 Å². The second-order valence-electron chi connectivity index (χ2n) is 31.5. The molecule has 0 aromatic heterocycles. The number of phosphoric acid groups is 2. The predicted molar refractivity (Wildman–Crippen MR) is 418 cm³/mol. The monoisotopic (exact) mass is 1490 g/mol. The van der Waals surface area contributed by atoms with Crippen molar-refractivity contribution in [2.24, 2.45) is 23.7 Å². The van der Waals surface area contributed by atoms with E-state index in [2.05, 4.69) is 55.4 Å². The first-order valence-electron chi connectivity index (χ1n) is 42.7. The number of phosphoric ester groups is 2. The summed E-state index contributed by atoms with van der Waals surface area (Å²) in [5.74, 6) is 1.01. The van der Waals surface area contributed by atoms with Crippen LogP contribution in [0.1, 0.15) is 428 Å². The first-order valence-corrected chi connectivity index (χ1v) is 45.7. The second-order valence-corrected chi connectivity index (χ2v) is 34.4. The summed E-state index contributed by atoms with van der Waals surface area (Å²) < 4.78 is 68.8. The van der Waals surface area contributed by atoms with Gasteiger partial charge in [0.05, 0.1) is 26.4 Å². The van der Waals surface area contributed by atoms with E-state index in [9.17, 15) is 43.2 Å². The third-order valence-corrected chi connectivity index (χ3v) is 21.6. The van der Waals surface area contributed by atoms with Crippen LogP contribution in [0, 0.1) is 23.7 Å². The molecule has 0 saturated carbocycles. The van der Waals surface area contributed by atoms with Gasteiger partial charge in [0, 0.05) is 25.7 Å². The average Bonchev–Trinajstić information content (AvgIpc) is 1.17. The number of hydrogen-bond donors (Lipinski definition) is 3. The summed E-state index contributed by atoms with van der Waals surface area (Å²) in [7, 11) is -9.92. The summed E-state index contributed by atoms with van der Waals surface area (Å²) in [5.41, 5.74) is 0. The fourth-order valence-electron chi connectivity index (χ4n) is 12.8. The third-order valence-electron chi connectivity index (χ3n) is 19.7. The van der Waals surface area contributed by atoms with Crippen LogP contribution in [0.15, 0.2) is 0 Å². The van der Waals surface area contributed by atoms with Crippen LogP contribution in [0.2, 0.25) is 0 Å². The molecule has 17 nitrogen and oxygen atoms in total. The van der Waals surface area contributed by atoms with Crippen LogP contribution in [0.3, 0.4) is 0 Å². The Morgan fingerprint density at radius 1 is 0.275 bits per heavy atom. The van der Waals surface area contributed by atoms with Gasteiger partial charge in [-0.25, -0.2) is 9.13 Å². The minimum absolute atomic E-state index is 0.106. The van der Waals surface area contributed by atoms with Crippen LogP contribution >= 0.6 is 15.6 Å². The van der Waals surface area contributed by atoms with E-state index in [1.807, 2.05) is 0 Å². The lowest BCUT2D eigenvalue weighted by Gasteiger charge is -2.21. The standard InChI is InChI=1S/C83H162O17P2/c1-9-76(8)62-54-46-38-30-23-19-16-17-20-24-31-39-47-55-63-80(85)93-69-78(99-83(88)66-58-50-41-33-27-26-29-36-44-52-60-74(4)5)71-97-101(89,90)95-67-77(84)68-96-102(91,92)98-72-79(70-94-81(86)64-56-48-42-34-37-45-53-61-75(6)7)100-82(87)65-57-49-40-32-25-21-15-13-11-10-12-14-18-22-28-35-43-51-59-73(2)3/h73-79,84H,9-72H2,1-8H3,(H,89,90)(H,91,92)/t76?,77?,78-,79-/m1/s1. The summed E-state index contributed by atoms with van der Waals surface area (Å²) in [5, 5.41) is 10.6. The van der Waals surface area contributed by atoms with Gasteiger partial charge in [0.2, 0.25) is 0 Å². The molecule has 4 unspecified atom stereocenters. The van der Waals surface area contributed by atoms with E-state index in [1.165, 1.54) is 225 Å². The first-order chi connectivity index (χ1) is 49.1. The van der Waals surface area contributed by atoms with Gasteiger partial charge in [-0.2, -0.15) is 0 Å². The van der Waals surface area contributed by atoms with Crippen molar-refractivity contribution in [3.05, 3.63) is 0 Å². The number of esters is 4. The van der Waals surface area contributed by atoms with Gasteiger partial charge in [0.25, 0.3) is 0 Å². The molecule has 0 radical (unpaired) electrons. The van der Waals surface area contributed by atoms with Crippen LogP contribution in [0.5, 0.6) is 0 Å². The lowest BCUT2D eigenvalue weighted by Crippen LogP contribution is -2.30. The molecule has 0 saturated heterocycles. The second kappa shape index (κ2) is 72.0. The maximum atomic E-state index is 13.1. The van der Waals surface area contributed by atoms with Crippen molar-refractivity contribution in [2.75, 3.05) is 39.6 Å². The Hall–Kier alpha value is -1.94. The maximum Gasteiger partial charge on any atom is 0.472 e. The molecule has 0 bridgehead atoms. The molecule has 102 heavy (non-hydrogen) atoms. The van der Waals surface area contributed by atoms with E-state index in [-0.39, 0.29) is 25.7 Å². The molecule has 3 N–H and O–H groups in total. The lowest BCUT2D eigenvalue weighted by atomic mass is 9.99. The number of aliphatic hydroxyl groups is 1. The van der Waals surface area contributed by atoms with E-state index >= 15 is 0 Å². The quantitative estimate of drug-likeness (QED) is 0.0222. The SMILES string of the molecule is CCC(C)CCCCCCCCCCCCCCCCC(=O)OC[C@H](COP(=O)(O)OCC(O)COP(=O)(O)OC[C@@H](COC(=O)CCCCCCCCCC(C)C)OC(=O)CCCCCCCCCCCCCCCCCCCCC(C)C)OC(=O)CCCCCCCCCCCCC(C)C. The van der Waals surface area contributed by atoms with Crippen LogP contribution in [0.25, 0.3) is 0 Å². The summed E-state index contributed by atoms with van der Waals surface area (Å²) in [6.07, 6.45) is 59.8. The first kappa shape index (κ1) is 100. The van der Waals surface area contributed by atoms with Gasteiger partial charge in [0.15, 0.2) is 12.2 Å². The van der Waals surface area contributed by atoms with Crippen molar-refractivity contribution >= 4 is 39.5 Å². The molecule has 0 aliphatic rings. The minimum Gasteiger partial charge on any atom is -0.462 e. The zero-order valence-corrected chi connectivity index (χ0v) is 69.0. The van der Waals surface area contributed by atoms with Crippen molar-refractivity contribution in [1.82, 2.24) is 0 Å². The van der Waals surface area contributed by atoms with Gasteiger partial charge in [-0.15, -0.1) is 0 Å². The number of aliphatic hydroxyl groups excluding tert-OH is 1. The Morgan fingerprint density at radius 3 is 0.696 bits per heavy atom. The van der Waals surface area contributed by atoms with E-state index in [1.54, 1.807) is 0 Å². The summed E-state index contributed by atoms with van der Waals surface area (Å²) in [6, 6.07) is 0. The van der Waals surface area contributed by atoms with Gasteiger partial charge in [-0.3, -0.25) is 37.3 Å². The smallest absolute Gasteiger partial charge is 0.462 e. The largest absolute Gasteiger partial charge is 0.472 e. The molecule has 0 aliphatic carbocycles. The highest BCUT2D eigenvalue weighted by Crippen LogP contribution is 2.45. The van der Waals surface area contributed by atoms with Crippen LogP contribution in [0.4, 0.5) is 0 Å². The molecule has 0 spiro atoms. The highest BCUT2D eigenvalue weighted by Gasteiger charge is 2.30. The zero-order chi connectivity index (χ0) is 75.3. The van der Waals surface area contributed by atoms with Gasteiger partial charge in [0.1, 0.15) is 19.3 Å². The number of rotatable bonds is 80. The molecule has 0 heterocycles. The summed E-state index contributed by atoms with van der Waals surface area (Å²) in [6.45, 7) is 14.3. The minimum atomic E-state index is -4.96. The molecule has 0 fully saturated rings. The van der Waals surface area contributed by atoms with Crippen LogP contribution < -0.4 is 0 Å². The Labute approximate surface area is 626 Å². The third kappa shape index (κ3) is 74.9. The average molecular weight is 1490 g/mol. The molecule has 6 atom stereocenters. The predicted octanol–water partition coefficient (Wildman–Crippen LogP) is 24.8. The number of hydrogen-bond acceptors (Lipinski definition) is 15. The number of carbonyl (C=O) groups is 4. The van der Waals surface area contributed by atoms with Crippen LogP contribution in [-0.2, 0) is 65.4 Å².